The Bertz CT molecular complexity index is 665. The molecule has 2 heterocycles. The third-order valence-electron chi connectivity index (χ3n) is 4.07. The number of nitrogens with two attached hydrogens (primary N) is 1. The minimum Gasteiger partial charge on any atom is -0.462 e. The van der Waals surface area contributed by atoms with Crippen molar-refractivity contribution in [2.45, 2.75) is 13.8 Å². The van der Waals surface area contributed by atoms with Crippen LogP contribution in [0.15, 0.2) is 0 Å². The molecule has 1 fully saturated rings. The number of esters is 1. The van der Waals surface area contributed by atoms with E-state index in [9.17, 15) is 14.4 Å². The molecule has 2 amide bonds. The highest BCUT2D eigenvalue weighted by molar-refractivity contribution is 7.18. The van der Waals surface area contributed by atoms with E-state index in [2.05, 4.69) is 15.1 Å². The van der Waals surface area contributed by atoms with Crippen molar-refractivity contribution in [2.75, 3.05) is 51.7 Å². The van der Waals surface area contributed by atoms with Gasteiger partial charge in [-0.3, -0.25) is 14.5 Å². The molecule has 0 bridgehead atoms. The smallest absolute Gasteiger partial charge is 0.341 e. The van der Waals surface area contributed by atoms with Gasteiger partial charge in [0.05, 0.1) is 23.6 Å². The lowest BCUT2D eigenvalue weighted by atomic mass is 10.1. The summed E-state index contributed by atoms with van der Waals surface area (Å²) in [5, 5.41) is 3.05. The van der Waals surface area contributed by atoms with Crippen LogP contribution < -0.4 is 11.1 Å². The van der Waals surface area contributed by atoms with Gasteiger partial charge in [-0.25, -0.2) is 4.79 Å². The standard InChI is InChI=1S/C16H24N4O4S/c1-4-24-16(23)12-10(2)13(14(17)22)25-15(12)18-11(21)9-20-7-5-19(3)6-8-20/h4-9H2,1-3H3,(H2,17,22)(H,18,21). The van der Waals surface area contributed by atoms with Gasteiger partial charge in [-0.1, -0.05) is 0 Å². The van der Waals surface area contributed by atoms with Gasteiger partial charge < -0.3 is 20.7 Å². The summed E-state index contributed by atoms with van der Waals surface area (Å²) in [6.07, 6.45) is 0. The van der Waals surface area contributed by atoms with E-state index in [0.717, 1.165) is 37.5 Å². The van der Waals surface area contributed by atoms with Crippen LogP contribution in [0.1, 0.15) is 32.5 Å². The fourth-order valence-corrected chi connectivity index (χ4v) is 3.72. The summed E-state index contributed by atoms with van der Waals surface area (Å²) >= 11 is 1.01. The second-order valence-corrected chi connectivity index (χ2v) is 6.99. The van der Waals surface area contributed by atoms with Gasteiger partial charge in [-0.15, -0.1) is 11.3 Å². The molecule has 0 atom stereocenters. The van der Waals surface area contributed by atoms with Gasteiger partial charge >= 0.3 is 5.97 Å². The molecule has 0 radical (unpaired) electrons. The van der Waals surface area contributed by atoms with Crippen molar-refractivity contribution in [3.8, 4) is 0 Å². The van der Waals surface area contributed by atoms with Crippen LogP contribution in [0.25, 0.3) is 0 Å². The Morgan fingerprint density at radius 3 is 2.44 bits per heavy atom. The second kappa shape index (κ2) is 8.41. The van der Waals surface area contributed by atoms with E-state index >= 15 is 0 Å². The first-order valence-corrected chi connectivity index (χ1v) is 8.96. The molecule has 0 saturated carbocycles. The second-order valence-electron chi connectivity index (χ2n) is 5.97. The van der Waals surface area contributed by atoms with E-state index in [-0.39, 0.29) is 29.5 Å². The molecule has 1 aliphatic heterocycles. The molecular weight excluding hydrogens is 344 g/mol. The van der Waals surface area contributed by atoms with E-state index in [1.54, 1.807) is 13.8 Å². The van der Waals surface area contributed by atoms with Crippen LogP contribution in [0.2, 0.25) is 0 Å². The molecule has 1 aromatic rings. The van der Waals surface area contributed by atoms with Crippen LogP contribution in [-0.4, -0.2) is 74.0 Å². The van der Waals surface area contributed by atoms with E-state index in [1.165, 1.54) is 0 Å². The monoisotopic (exact) mass is 368 g/mol. The predicted octanol–water partition coefficient (Wildman–Crippen LogP) is 0.518. The maximum absolute atomic E-state index is 12.4. The number of amides is 2. The summed E-state index contributed by atoms with van der Waals surface area (Å²) in [6, 6.07) is 0. The molecule has 2 rings (SSSR count). The maximum Gasteiger partial charge on any atom is 0.341 e. The number of ether oxygens (including phenoxy) is 1. The Balaban J connectivity index is 2.14. The van der Waals surface area contributed by atoms with Crippen LogP contribution >= 0.6 is 11.3 Å². The summed E-state index contributed by atoms with van der Waals surface area (Å²) in [5.74, 6) is -1.43. The zero-order chi connectivity index (χ0) is 18.6. The lowest BCUT2D eigenvalue weighted by Gasteiger charge is -2.31. The highest BCUT2D eigenvalue weighted by Gasteiger charge is 2.26. The van der Waals surface area contributed by atoms with Gasteiger partial charge in [0.1, 0.15) is 5.00 Å². The Kier molecular flexibility index (Phi) is 6.51. The molecule has 0 unspecified atom stereocenters. The van der Waals surface area contributed by atoms with Crippen LogP contribution in [0, 0.1) is 6.92 Å². The molecule has 1 saturated heterocycles. The normalized spacial score (nSPS) is 15.8. The molecule has 1 aromatic heterocycles. The first-order valence-electron chi connectivity index (χ1n) is 8.14. The molecule has 0 aliphatic carbocycles. The number of hydrogen-bond acceptors (Lipinski definition) is 7. The molecule has 9 heteroatoms. The number of nitrogens with zero attached hydrogens (tertiary/aromatic N) is 2. The Hall–Kier alpha value is -1.97. The van der Waals surface area contributed by atoms with Crippen LogP contribution in [0.5, 0.6) is 0 Å². The third-order valence-corrected chi connectivity index (χ3v) is 5.29. The quantitative estimate of drug-likeness (QED) is 0.709. The lowest BCUT2D eigenvalue weighted by Crippen LogP contribution is -2.47. The number of carbonyl (C=O) groups is 3. The number of carbonyl (C=O) groups excluding carboxylic acids is 3. The average molecular weight is 368 g/mol. The van der Waals surface area contributed by atoms with Gasteiger partial charge in [0.15, 0.2) is 0 Å². The molecule has 3 N–H and O–H groups in total. The molecule has 8 nitrogen and oxygen atoms in total. The van der Waals surface area contributed by atoms with Crippen LogP contribution in [-0.2, 0) is 9.53 Å². The van der Waals surface area contributed by atoms with Crippen LogP contribution in [0.3, 0.4) is 0 Å². The van der Waals surface area contributed by atoms with Crippen molar-refractivity contribution in [1.29, 1.82) is 0 Å². The lowest BCUT2D eigenvalue weighted by molar-refractivity contribution is -0.117. The van der Waals surface area contributed by atoms with E-state index in [1.807, 2.05) is 7.05 Å². The fraction of sp³-hybridized carbons (Fsp3) is 0.562. The molecule has 0 spiro atoms. The van der Waals surface area contributed by atoms with Gasteiger partial charge in [-0.2, -0.15) is 0 Å². The van der Waals surface area contributed by atoms with Crippen molar-refractivity contribution in [3.63, 3.8) is 0 Å². The summed E-state index contributed by atoms with van der Waals surface area (Å²) < 4.78 is 5.03. The molecule has 1 aliphatic rings. The van der Waals surface area contributed by atoms with Gasteiger partial charge in [0, 0.05) is 26.2 Å². The third kappa shape index (κ3) is 4.77. The number of likely N-dealkylation sites (N-methyl/N-ethyl adjacent to an activating group) is 1. The first kappa shape index (κ1) is 19.4. The number of primary amides is 1. The molecule has 25 heavy (non-hydrogen) atoms. The van der Waals surface area contributed by atoms with Gasteiger partial charge in [-0.05, 0) is 26.5 Å². The molecular formula is C16H24N4O4S. The summed E-state index contributed by atoms with van der Waals surface area (Å²) in [5.41, 5.74) is 6.00. The summed E-state index contributed by atoms with van der Waals surface area (Å²) in [7, 11) is 2.04. The number of nitrogens with one attached hydrogen (secondary N) is 1. The van der Waals surface area contributed by atoms with Crippen molar-refractivity contribution in [1.82, 2.24) is 9.80 Å². The number of anilines is 1. The topological polar surface area (TPSA) is 105 Å². The van der Waals surface area contributed by atoms with Crippen LogP contribution in [0.4, 0.5) is 5.00 Å². The zero-order valence-electron chi connectivity index (χ0n) is 14.8. The number of thiophene rings is 1. The number of piperazine rings is 1. The highest BCUT2D eigenvalue weighted by Crippen LogP contribution is 2.33. The van der Waals surface area contributed by atoms with Crippen molar-refractivity contribution in [3.05, 3.63) is 16.0 Å². The van der Waals surface area contributed by atoms with Gasteiger partial charge in [0.25, 0.3) is 5.91 Å². The highest BCUT2D eigenvalue weighted by atomic mass is 32.1. The first-order chi connectivity index (χ1) is 11.8. The van der Waals surface area contributed by atoms with Crippen molar-refractivity contribution < 1.29 is 19.1 Å². The van der Waals surface area contributed by atoms with Crippen molar-refractivity contribution >= 4 is 34.1 Å². The number of rotatable bonds is 6. The Morgan fingerprint density at radius 2 is 1.88 bits per heavy atom. The minimum atomic E-state index is -0.632. The van der Waals surface area contributed by atoms with E-state index in [4.69, 9.17) is 10.5 Å². The fourth-order valence-electron chi connectivity index (χ4n) is 2.66. The van der Waals surface area contributed by atoms with Crippen molar-refractivity contribution in [2.24, 2.45) is 5.73 Å². The SMILES string of the molecule is CCOC(=O)c1c(NC(=O)CN2CCN(C)CC2)sc(C(N)=O)c1C. The average Bonchev–Trinajstić information content (AvgIpc) is 2.86. The van der Waals surface area contributed by atoms with E-state index in [0.29, 0.717) is 10.6 Å². The van der Waals surface area contributed by atoms with Gasteiger partial charge in [0.2, 0.25) is 5.91 Å². The molecule has 0 aromatic carbocycles. The number of hydrogen-bond donors (Lipinski definition) is 2. The van der Waals surface area contributed by atoms with E-state index < -0.39 is 11.9 Å². The maximum atomic E-state index is 12.4. The summed E-state index contributed by atoms with van der Waals surface area (Å²) in [4.78, 5) is 40.6. The predicted molar refractivity (Wildman–Crippen MR) is 96.1 cm³/mol. The minimum absolute atomic E-state index is 0.201. The Morgan fingerprint density at radius 1 is 1.24 bits per heavy atom. The molecule has 138 valence electrons. The Labute approximate surface area is 150 Å². The summed E-state index contributed by atoms with van der Waals surface area (Å²) in [6.45, 7) is 7.19. The zero-order valence-corrected chi connectivity index (χ0v) is 15.6. The largest absolute Gasteiger partial charge is 0.462 e.